The van der Waals surface area contributed by atoms with Crippen molar-refractivity contribution < 1.29 is 18.3 Å². The molecule has 4 nitrogen and oxygen atoms in total. The van der Waals surface area contributed by atoms with E-state index < -0.39 is 12.4 Å². The van der Waals surface area contributed by atoms with Crippen LogP contribution in [0.5, 0.6) is 0 Å². The Morgan fingerprint density at radius 3 is 2.89 bits per heavy atom. The van der Waals surface area contributed by atoms with E-state index in [4.69, 9.17) is 10.00 Å². The second-order valence-electron chi connectivity index (χ2n) is 3.48. The van der Waals surface area contributed by atoms with Crippen LogP contribution in [0.3, 0.4) is 0 Å². The molecule has 0 amide bonds. The number of hydrogen-bond donors (Lipinski definition) is 0. The third kappa shape index (κ3) is 3.77. The minimum atomic E-state index is -2.46. The van der Waals surface area contributed by atoms with Crippen LogP contribution in [0.1, 0.15) is 35.0 Å². The maximum absolute atomic E-state index is 12.2. The minimum absolute atomic E-state index is 0.0302. The first-order valence-electron chi connectivity index (χ1n) is 5.42. The molecule has 0 aromatic carbocycles. The van der Waals surface area contributed by atoms with Crippen molar-refractivity contribution in [3.63, 3.8) is 0 Å². The molecule has 1 aromatic heterocycles. The first kappa shape index (κ1) is 14.0. The second kappa shape index (κ2) is 6.64. The second-order valence-corrected chi connectivity index (χ2v) is 3.48. The van der Waals surface area contributed by atoms with E-state index in [0.29, 0.717) is 0 Å². The number of halogens is 2. The number of carbonyl (C=O) groups is 1. The Morgan fingerprint density at radius 1 is 1.61 bits per heavy atom. The third-order valence-electron chi connectivity index (χ3n) is 2.19. The highest BCUT2D eigenvalue weighted by atomic mass is 19.3. The van der Waals surface area contributed by atoms with Crippen LogP contribution in [0.2, 0.25) is 0 Å². The van der Waals surface area contributed by atoms with Gasteiger partial charge in [0, 0.05) is 12.6 Å². The Balaban J connectivity index is 3.01. The number of nitriles is 1. The molecule has 0 bridgehead atoms. The van der Waals surface area contributed by atoms with E-state index in [1.165, 1.54) is 12.3 Å². The smallest absolute Gasteiger partial charge is 0.340 e. The minimum Gasteiger partial charge on any atom is -0.462 e. The molecule has 96 valence electrons. The lowest BCUT2D eigenvalue weighted by molar-refractivity contribution is 0.0523. The van der Waals surface area contributed by atoms with Gasteiger partial charge in [-0.25, -0.2) is 13.6 Å². The molecule has 0 fully saturated rings. The van der Waals surface area contributed by atoms with Gasteiger partial charge < -0.3 is 4.74 Å². The highest BCUT2D eigenvalue weighted by Gasteiger charge is 2.16. The van der Waals surface area contributed by atoms with Crippen LogP contribution in [-0.2, 0) is 11.2 Å². The van der Waals surface area contributed by atoms with Gasteiger partial charge in [-0.2, -0.15) is 5.26 Å². The summed E-state index contributed by atoms with van der Waals surface area (Å²) in [5.41, 5.74) is 0.503. The zero-order valence-corrected chi connectivity index (χ0v) is 9.82. The van der Waals surface area contributed by atoms with Crippen LogP contribution in [0.15, 0.2) is 12.3 Å². The van der Waals surface area contributed by atoms with Crippen molar-refractivity contribution >= 4 is 5.97 Å². The molecule has 0 aliphatic carbocycles. The highest BCUT2D eigenvalue weighted by Crippen LogP contribution is 2.14. The number of nitrogens with zero attached hydrogens (tertiary/aromatic N) is 2. The molecular formula is C12H12F2N2O2. The summed E-state index contributed by atoms with van der Waals surface area (Å²) in [6.45, 7) is 1.81. The van der Waals surface area contributed by atoms with E-state index in [1.54, 1.807) is 6.92 Å². The molecule has 0 radical (unpaired) electrons. The Labute approximate surface area is 103 Å². The fourth-order valence-electron chi connectivity index (χ4n) is 1.38. The van der Waals surface area contributed by atoms with Crippen LogP contribution in [0, 0.1) is 11.3 Å². The number of alkyl halides is 2. The number of aryl methyl sites for hydroxylation is 1. The van der Waals surface area contributed by atoms with Gasteiger partial charge in [-0.15, -0.1) is 0 Å². The number of rotatable bonds is 5. The molecule has 0 N–H and O–H groups in total. The monoisotopic (exact) mass is 254 g/mol. The van der Waals surface area contributed by atoms with Gasteiger partial charge in [0.25, 0.3) is 0 Å². The topological polar surface area (TPSA) is 63.0 Å². The van der Waals surface area contributed by atoms with Crippen molar-refractivity contribution in [3.8, 4) is 6.07 Å². The van der Waals surface area contributed by atoms with Crippen molar-refractivity contribution in [2.24, 2.45) is 0 Å². The van der Waals surface area contributed by atoms with Gasteiger partial charge in [-0.1, -0.05) is 0 Å². The molecule has 1 rings (SSSR count). The van der Waals surface area contributed by atoms with Gasteiger partial charge in [0.1, 0.15) is 6.07 Å². The predicted molar refractivity (Wildman–Crippen MR) is 59.2 cm³/mol. The lowest BCUT2D eigenvalue weighted by atomic mass is 10.1. The number of hydrogen-bond acceptors (Lipinski definition) is 4. The molecule has 0 aliphatic heterocycles. The summed E-state index contributed by atoms with van der Waals surface area (Å²) in [6, 6.07) is 3.15. The molecule has 0 aliphatic rings. The lowest BCUT2D eigenvalue weighted by Gasteiger charge is -2.08. The fraction of sp³-hybridized carbons (Fsp3) is 0.417. The maximum Gasteiger partial charge on any atom is 0.340 e. The molecule has 0 atom stereocenters. The van der Waals surface area contributed by atoms with Gasteiger partial charge in [0.15, 0.2) is 0 Å². The highest BCUT2D eigenvalue weighted by molar-refractivity contribution is 5.91. The number of carbonyl (C=O) groups excluding carboxylic acids is 1. The fourth-order valence-corrected chi connectivity index (χ4v) is 1.38. The summed E-state index contributed by atoms with van der Waals surface area (Å²) < 4.78 is 29.1. The van der Waals surface area contributed by atoms with Crippen LogP contribution in [0.25, 0.3) is 0 Å². The molecule has 6 heteroatoms. The number of esters is 1. The summed E-state index contributed by atoms with van der Waals surface area (Å²) in [5, 5.41) is 8.72. The van der Waals surface area contributed by atoms with Crippen molar-refractivity contribution in [1.29, 1.82) is 5.26 Å². The van der Waals surface area contributed by atoms with Crippen LogP contribution >= 0.6 is 0 Å². The van der Waals surface area contributed by atoms with Crippen LogP contribution in [-0.4, -0.2) is 24.0 Å². The normalized spacial score (nSPS) is 10.2. The van der Waals surface area contributed by atoms with Gasteiger partial charge in [0.2, 0.25) is 6.43 Å². The Hall–Kier alpha value is -2.03. The van der Waals surface area contributed by atoms with Gasteiger partial charge in [0.05, 0.1) is 23.4 Å². The standard InChI is InChI=1S/C12H12F2N2O2/c1-2-18-12(17)9-5-8(6-15)7-16-10(9)3-4-11(13)14/h5,7,11H,2-4H2,1H3. The van der Waals surface area contributed by atoms with Crippen molar-refractivity contribution in [2.75, 3.05) is 6.61 Å². The maximum atomic E-state index is 12.2. The summed E-state index contributed by atoms with van der Waals surface area (Å²) in [7, 11) is 0. The van der Waals surface area contributed by atoms with Gasteiger partial charge in [-0.3, -0.25) is 4.98 Å². The van der Waals surface area contributed by atoms with E-state index in [1.807, 2.05) is 6.07 Å². The first-order valence-corrected chi connectivity index (χ1v) is 5.42. The molecule has 0 spiro atoms. The Morgan fingerprint density at radius 2 is 2.33 bits per heavy atom. The van der Waals surface area contributed by atoms with E-state index in [0.717, 1.165) is 0 Å². The SMILES string of the molecule is CCOC(=O)c1cc(C#N)cnc1CCC(F)F. The molecule has 1 heterocycles. The quantitative estimate of drug-likeness (QED) is 0.756. The zero-order valence-electron chi connectivity index (χ0n) is 9.82. The molecular weight excluding hydrogens is 242 g/mol. The van der Waals surface area contributed by atoms with Crippen LogP contribution < -0.4 is 0 Å². The Bertz CT molecular complexity index is 470. The molecule has 1 aromatic rings. The first-order chi connectivity index (χ1) is 8.58. The van der Waals surface area contributed by atoms with E-state index >= 15 is 0 Å². The number of pyridine rings is 1. The lowest BCUT2D eigenvalue weighted by Crippen LogP contribution is -2.11. The summed E-state index contributed by atoms with van der Waals surface area (Å²) in [4.78, 5) is 15.5. The average Bonchev–Trinajstić information content (AvgIpc) is 2.36. The predicted octanol–water partition coefficient (Wildman–Crippen LogP) is 2.33. The molecule has 0 unspecified atom stereocenters. The summed E-state index contributed by atoms with van der Waals surface area (Å²) >= 11 is 0. The van der Waals surface area contributed by atoms with Crippen molar-refractivity contribution in [2.45, 2.75) is 26.2 Å². The van der Waals surface area contributed by atoms with Crippen molar-refractivity contribution in [1.82, 2.24) is 4.98 Å². The molecule has 0 saturated carbocycles. The van der Waals surface area contributed by atoms with Crippen LogP contribution in [0.4, 0.5) is 8.78 Å². The van der Waals surface area contributed by atoms with Gasteiger partial charge in [-0.05, 0) is 19.4 Å². The third-order valence-corrected chi connectivity index (χ3v) is 2.19. The van der Waals surface area contributed by atoms with Crippen molar-refractivity contribution in [3.05, 3.63) is 29.1 Å². The zero-order chi connectivity index (χ0) is 13.5. The largest absolute Gasteiger partial charge is 0.462 e. The molecule has 18 heavy (non-hydrogen) atoms. The van der Waals surface area contributed by atoms with E-state index in [-0.39, 0.29) is 36.3 Å². The average molecular weight is 254 g/mol. The summed E-state index contributed by atoms with van der Waals surface area (Å²) in [5.74, 6) is -0.647. The van der Waals surface area contributed by atoms with Gasteiger partial charge >= 0.3 is 5.97 Å². The Kier molecular flexibility index (Phi) is 5.18. The van der Waals surface area contributed by atoms with E-state index in [2.05, 4.69) is 4.98 Å². The summed E-state index contributed by atoms with van der Waals surface area (Å²) in [6.07, 6.45) is -1.62. The number of ether oxygens (including phenoxy) is 1. The number of aromatic nitrogens is 1. The van der Waals surface area contributed by atoms with E-state index in [9.17, 15) is 13.6 Å². The molecule has 0 saturated heterocycles.